The van der Waals surface area contributed by atoms with Crippen molar-refractivity contribution in [3.8, 4) is 0 Å². The van der Waals surface area contributed by atoms with E-state index in [1.54, 1.807) is 12.1 Å². The van der Waals surface area contributed by atoms with E-state index in [0.717, 1.165) is 0 Å². The van der Waals surface area contributed by atoms with Crippen molar-refractivity contribution in [2.75, 3.05) is 6.54 Å². The summed E-state index contributed by atoms with van der Waals surface area (Å²) in [6, 6.07) is 5.68. The summed E-state index contributed by atoms with van der Waals surface area (Å²) in [5, 5.41) is 3.28. The van der Waals surface area contributed by atoms with Crippen LogP contribution in [0.4, 0.5) is 13.2 Å². The molecule has 0 spiro atoms. The Bertz CT molecular complexity index is 503. The lowest BCUT2D eigenvalue weighted by Gasteiger charge is -2.24. The van der Waals surface area contributed by atoms with Gasteiger partial charge in [0.1, 0.15) is 0 Å². The summed E-state index contributed by atoms with van der Waals surface area (Å²) < 4.78 is 39.9. The monoisotopic (exact) mass is 299 g/mol. The summed E-state index contributed by atoms with van der Waals surface area (Å²) in [5.74, 6) is 0.188. The summed E-state index contributed by atoms with van der Waals surface area (Å²) >= 11 is 0. The van der Waals surface area contributed by atoms with Crippen molar-refractivity contribution in [1.29, 1.82) is 0 Å². The lowest BCUT2D eigenvalue weighted by molar-refractivity contribution is -0.138. The summed E-state index contributed by atoms with van der Waals surface area (Å²) in [6.07, 6.45) is -4.31. The van der Waals surface area contributed by atoms with Gasteiger partial charge in [-0.15, -0.1) is 0 Å². The third kappa shape index (κ3) is 2.59. The van der Waals surface area contributed by atoms with Crippen molar-refractivity contribution in [2.24, 2.45) is 16.7 Å². The Hall–Kier alpha value is -1.03. The summed E-state index contributed by atoms with van der Waals surface area (Å²) in [6.45, 7) is 11.1. The highest BCUT2D eigenvalue weighted by molar-refractivity contribution is 5.36. The third-order valence-electron chi connectivity index (χ3n) is 5.49. The van der Waals surface area contributed by atoms with Gasteiger partial charge in [0.15, 0.2) is 0 Å². The molecule has 1 aromatic carbocycles. The Balaban J connectivity index is 2.47. The second-order valence-electron chi connectivity index (χ2n) is 7.04. The van der Waals surface area contributed by atoms with Gasteiger partial charge in [0, 0.05) is 6.04 Å². The van der Waals surface area contributed by atoms with Crippen LogP contribution in [-0.2, 0) is 6.18 Å². The number of hydrogen-bond donors (Lipinski definition) is 1. The van der Waals surface area contributed by atoms with Gasteiger partial charge in [-0.25, -0.2) is 0 Å². The first-order chi connectivity index (χ1) is 9.55. The van der Waals surface area contributed by atoms with Gasteiger partial charge in [0.05, 0.1) is 5.56 Å². The lowest BCUT2D eigenvalue weighted by atomic mass is 9.92. The van der Waals surface area contributed by atoms with Crippen LogP contribution in [0.3, 0.4) is 0 Å². The first kappa shape index (κ1) is 16.3. The molecule has 0 saturated heterocycles. The SMILES string of the molecule is CCNC(c1ccccc1C(F)(F)F)C1C(C)(C)C1(C)C. The molecule has 1 aromatic rings. The van der Waals surface area contributed by atoms with Crippen LogP contribution in [0.5, 0.6) is 0 Å². The van der Waals surface area contributed by atoms with Crippen LogP contribution >= 0.6 is 0 Å². The number of alkyl halides is 3. The molecule has 0 aromatic heterocycles. The van der Waals surface area contributed by atoms with Crippen LogP contribution in [-0.4, -0.2) is 6.54 Å². The highest BCUT2D eigenvalue weighted by atomic mass is 19.4. The predicted octanol–water partition coefficient (Wildman–Crippen LogP) is 5.04. The number of benzene rings is 1. The van der Waals surface area contributed by atoms with E-state index >= 15 is 0 Å². The van der Waals surface area contributed by atoms with Gasteiger partial charge < -0.3 is 5.32 Å². The molecule has 2 rings (SSSR count). The maximum Gasteiger partial charge on any atom is 0.416 e. The van der Waals surface area contributed by atoms with Gasteiger partial charge in [-0.05, 0) is 34.9 Å². The van der Waals surface area contributed by atoms with E-state index in [0.29, 0.717) is 12.1 Å². The minimum Gasteiger partial charge on any atom is -0.310 e. The molecule has 118 valence electrons. The maximum absolute atomic E-state index is 13.3. The van der Waals surface area contributed by atoms with E-state index in [2.05, 4.69) is 33.0 Å². The fourth-order valence-electron chi connectivity index (χ4n) is 3.73. The van der Waals surface area contributed by atoms with E-state index in [9.17, 15) is 13.2 Å². The van der Waals surface area contributed by atoms with Gasteiger partial charge in [0.2, 0.25) is 0 Å². The molecule has 1 aliphatic rings. The Morgan fingerprint density at radius 2 is 1.62 bits per heavy atom. The van der Waals surface area contributed by atoms with Gasteiger partial charge in [-0.2, -0.15) is 13.2 Å². The van der Waals surface area contributed by atoms with Crippen LogP contribution in [0, 0.1) is 16.7 Å². The molecular formula is C17H24F3N. The molecule has 1 saturated carbocycles. The highest BCUT2D eigenvalue weighted by Crippen LogP contribution is 2.72. The van der Waals surface area contributed by atoms with Crippen molar-refractivity contribution < 1.29 is 13.2 Å². The smallest absolute Gasteiger partial charge is 0.310 e. The first-order valence-electron chi connectivity index (χ1n) is 7.44. The fraction of sp³-hybridized carbons (Fsp3) is 0.647. The van der Waals surface area contributed by atoms with Gasteiger partial charge >= 0.3 is 6.18 Å². The Morgan fingerprint density at radius 3 is 2.05 bits per heavy atom. The Kier molecular flexibility index (Phi) is 3.90. The summed E-state index contributed by atoms with van der Waals surface area (Å²) in [7, 11) is 0. The zero-order chi connectivity index (χ0) is 16.1. The fourth-order valence-corrected chi connectivity index (χ4v) is 3.73. The molecule has 0 radical (unpaired) electrons. The summed E-state index contributed by atoms with van der Waals surface area (Å²) in [4.78, 5) is 0. The average molecular weight is 299 g/mol. The van der Waals surface area contributed by atoms with Gasteiger partial charge in [0.25, 0.3) is 0 Å². The molecule has 1 fully saturated rings. The van der Waals surface area contributed by atoms with E-state index < -0.39 is 11.7 Å². The molecule has 1 N–H and O–H groups in total. The van der Waals surface area contributed by atoms with E-state index in [4.69, 9.17) is 0 Å². The first-order valence-corrected chi connectivity index (χ1v) is 7.44. The Labute approximate surface area is 124 Å². The van der Waals surface area contributed by atoms with E-state index in [-0.39, 0.29) is 22.8 Å². The molecule has 1 aliphatic carbocycles. The quantitative estimate of drug-likeness (QED) is 0.821. The third-order valence-corrected chi connectivity index (χ3v) is 5.49. The number of rotatable bonds is 4. The Morgan fingerprint density at radius 1 is 1.10 bits per heavy atom. The summed E-state index contributed by atoms with van der Waals surface area (Å²) in [5.41, 5.74) is -0.0955. The number of nitrogens with one attached hydrogen (secondary N) is 1. The van der Waals surface area contributed by atoms with Crippen LogP contribution < -0.4 is 5.32 Å². The number of hydrogen-bond acceptors (Lipinski definition) is 1. The number of halogens is 3. The van der Waals surface area contributed by atoms with Crippen LogP contribution in [0.15, 0.2) is 24.3 Å². The van der Waals surface area contributed by atoms with Crippen LogP contribution in [0.25, 0.3) is 0 Å². The van der Waals surface area contributed by atoms with E-state index in [1.807, 2.05) is 6.92 Å². The second kappa shape index (κ2) is 5.01. The highest BCUT2D eigenvalue weighted by Gasteiger charge is 2.67. The van der Waals surface area contributed by atoms with Crippen LogP contribution in [0.1, 0.15) is 51.8 Å². The molecule has 21 heavy (non-hydrogen) atoms. The lowest BCUT2D eigenvalue weighted by Crippen LogP contribution is -2.27. The molecule has 0 heterocycles. The van der Waals surface area contributed by atoms with Crippen molar-refractivity contribution in [3.05, 3.63) is 35.4 Å². The molecule has 0 bridgehead atoms. The van der Waals surface area contributed by atoms with Crippen molar-refractivity contribution in [1.82, 2.24) is 5.32 Å². The molecule has 0 amide bonds. The minimum atomic E-state index is -4.31. The normalized spacial score (nSPS) is 22.1. The zero-order valence-electron chi connectivity index (χ0n) is 13.3. The van der Waals surface area contributed by atoms with E-state index in [1.165, 1.54) is 12.1 Å². The second-order valence-corrected chi connectivity index (χ2v) is 7.04. The van der Waals surface area contributed by atoms with Gasteiger partial charge in [-0.3, -0.25) is 0 Å². The maximum atomic E-state index is 13.3. The molecule has 1 nitrogen and oxygen atoms in total. The molecule has 4 heteroatoms. The van der Waals surface area contributed by atoms with Crippen molar-refractivity contribution in [3.63, 3.8) is 0 Å². The molecule has 1 unspecified atom stereocenters. The van der Waals surface area contributed by atoms with Crippen molar-refractivity contribution in [2.45, 2.75) is 46.8 Å². The zero-order valence-corrected chi connectivity index (χ0v) is 13.3. The molecule has 1 atom stereocenters. The average Bonchev–Trinajstić information content (AvgIpc) is 2.76. The molecule has 0 aliphatic heterocycles. The van der Waals surface area contributed by atoms with Crippen LogP contribution in [0.2, 0.25) is 0 Å². The standard InChI is InChI=1S/C17H24F3N/c1-6-21-13(14-15(2,3)16(14,4)5)11-9-7-8-10-12(11)17(18,19)20/h7-10,13-14,21H,6H2,1-5H3. The topological polar surface area (TPSA) is 12.0 Å². The predicted molar refractivity (Wildman–Crippen MR) is 78.9 cm³/mol. The molecular weight excluding hydrogens is 275 g/mol. The largest absolute Gasteiger partial charge is 0.416 e. The minimum absolute atomic E-state index is 0.0263. The van der Waals surface area contributed by atoms with Gasteiger partial charge in [-0.1, -0.05) is 52.8 Å². The van der Waals surface area contributed by atoms with Crippen molar-refractivity contribution >= 4 is 0 Å².